The molecular weight excluding hydrogens is 357 g/mol. The van der Waals surface area contributed by atoms with Crippen molar-refractivity contribution in [1.29, 1.82) is 0 Å². The molecule has 0 aliphatic heterocycles. The summed E-state index contributed by atoms with van der Waals surface area (Å²) in [4.78, 5) is 12.4. The van der Waals surface area contributed by atoms with Crippen LogP contribution < -0.4 is 5.32 Å². The third-order valence-corrected chi connectivity index (χ3v) is 4.79. The summed E-state index contributed by atoms with van der Waals surface area (Å²) in [6.07, 6.45) is 0. The van der Waals surface area contributed by atoms with E-state index in [9.17, 15) is 4.79 Å². The van der Waals surface area contributed by atoms with E-state index >= 15 is 0 Å². The molecule has 2 aromatic rings. The zero-order valence-corrected chi connectivity index (χ0v) is 15.5. The number of carbonyl (C=O) groups excluding carboxylic acids is 1. The number of thioether (sulfide) groups is 1. The standard InChI is InChI=1S/C14H17Cl2N5OS/c1-8(23-13-18-19-20-21(13)14(2,3)4)12(22)17-10-7-5-6-9(15)11(10)16/h5-8H,1-4H3,(H,17,22). The van der Waals surface area contributed by atoms with E-state index in [-0.39, 0.29) is 11.4 Å². The lowest BCUT2D eigenvalue weighted by Gasteiger charge is -2.20. The number of benzene rings is 1. The maximum Gasteiger partial charge on any atom is 0.237 e. The molecule has 1 N–H and O–H groups in total. The Hall–Kier alpha value is -1.31. The Kier molecular flexibility index (Phi) is 5.54. The Balaban J connectivity index is 2.09. The average molecular weight is 374 g/mol. The molecule has 1 atom stereocenters. The number of nitrogens with one attached hydrogen (secondary N) is 1. The molecule has 0 radical (unpaired) electrons. The monoisotopic (exact) mass is 373 g/mol. The molecule has 9 heteroatoms. The van der Waals surface area contributed by atoms with Crippen molar-refractivity contribution in [3.05, 3.63) is 28.2 Å². The topological polar surface area (TPSA) is 72.7 Å². The van der Waals surface area contributed by atoms with Crippen molar-refractivity contribution in [2.45, 2.75) is 43.6 Å². The number of amides is 1. The second-order valence-electron chi connectivity index (χ2n) is 5.89. The number of tetrazole rings is 1. The smallest absolute Gasteiger partial charge is 0.237 e. The second-order valence-corrected chi connectivity index (χ2v) is 7.99. The average Bonchev–Trinajstić information content (AvgIpc) is 2.92. The number of hydrogen-bond acceptors (Lipinski definition) is 5. The molecular formula is C14H17Cl2N5OS. The first-order valence-electron chi connectivity index (χ1n) is 6.90. The first-order chi connectivity index (χ1) is 10.7. The molecule has 0 saturated heterocycles. The van der Waals surface area contributed by atoms with E-state index in [0.717, 1.165) is 0 Å². The van der Waals surface area contributed by atoms with Crippen LogP contribution in [-0.4, -0.2) is 31.4 Å². The van der Waals surface area contributed by atoms with Crippen LogP contribution in [0.1, 0.15) is 27.7 Å². The molecule has 0 aliphatic rings. The normalized spacial score (nSPS) is 13.0. The van der Waals surface area contributed by atoms with Crippen LogP contribution in [0.15, 0.2) is 23.4 Å². The minimum absolute atomic E-state index is 0.206. The van der Waals surface area contributed by atoms with Gasteiger partial charge in [-0.1, -0.05) is 41.0 Å². The molecule has 0 spiro atoms. The van der Waals surface area contributed by atoms with Gasteiger partial charge in [-0.3, -0.25) is 4.79 Å². The van der Waals surface area contributed by atoms with E-state index in [0.29, 0.717) is 20.9 Å². The predicted molar refractivity (Wildman–Crippen MR) is 93.2 cm³/mol. The summed E-state index contributed by atoms with van der Waals surface area (Å²) in [6.45, 7) is 7.75. The van der Waals surface area contributed by atoms with Gasteiger partial charge in [-0.2, -0.15) is 0 Å². The third-order valence-electron chi connectivity index (χ3n) is 2.94. The molecule has 6 nitrogen and oxygen atoms in total. The van der Waals surface area contributed by atoms with E-state index in [4.69, 9.17) is 23.2 Å². The summed E-state index contributed by atoms with van der Waals surface area (Å²) in [7, 11) is 0. The minimum atomic E-state index is -0.405. The van der Waals surface area contributed by atoms with Gasteiger partial charge in [-0.15, -0.1) is 5.10 Å². The fourth-order valence-electron chi connectivity index (χ4n) is 1.72. The van der Waals surface area contributed by atoms with Crippen molar-refractivity contribution in [2.75, 3.05) is 5.32 Å². The fraction of sp³-hybridized carbons (Fsp3) is 0.429. The van der Waals surface area contributed by atoms with Crippen molar-refractivity contribution in [3.63, 3.8) is 0 Å². The number of rotatable bonds is 4. The van der Waals surface area contributed by atoms with Gasteiger partial charge in [0.2, 0.25) is 11.1 Å². The fourth-order valence-corrected chi connectivity index (χ4v) is 3.04. The van der Waals surface area contributed by atoms with E-state index in [2.05, 4.69) is 20.8 Å². The molecule has 1 unspecified atom stereocenters. The lowest BCUT2D eigenvalue weighted by atomic mass is 10.1. The van der Waals surface area contributed by atoms with Crippen molar-refractivity contribution in [1.82, 2.24) is 20.2 Å². The highest BCUT2D eigenvalue weighted by atomic mass is 35.5. The summed E-state index contributed by atoms with van der Waals surface area (Å²) in [5.41, 5.74) is 0.213. The molecule has 23 heavy (non-hydrogen) atoms. The van der Waals surface area contributed by atoms with Gasteiger partial charge in [0, 0.05) is 0 Å². The van der Waals surface area contributed by atoms with Gasteiger partial charge in [0.15, 0.2) is 0 Å². The Morgan fingerprint density at radius 1 is 1.35 bits per heavy atom. The van der Waals surface area contributed by atoms with Crippen LogP contribution in [0.3, 0.4) is 0 Å². The SMILES string of the molecule is CC(Sc1nnnn1C(C)(C)C)C(=O)Nc1cccc(Cl)c1Cl. The summed E-state index contributed by atoms with van der Waals surface area (Å²) < 4.78 is 1.69. The highest BCUT2D eigenvalue weighted by Gasteiger charge is 2.24. The van der Waals surface area contributed by atoms with Crippen molar-refractivity contribution in [2.24, 2.45) is 0 Å². The number of hydrogen-bond donors (Lipinski definition) is 1. The molecule has 2 rings (SSSR count). The highest BCUT2D eigenvalue weighted by molar-refractivity contribution is 8.00. The third kappa shape index (κ3) is 4.37. The van der Waals surface area contributed by atoms with Crippen LogP contribution in [0.4, 0.5) is 5.69 Å². The molecule has 1 aromatic heterocycles. The van der Waals surface area contributed by atoms with Crippen molar-refractivity contribution >= 4 is 46.6 Å². The highest BCUT2D eigenvalue weighted by Crippen LogP contribution is 2.31. The van der Waals surface area contributed by atoms with Crippen LogP contribution in [0, 0.1) is 0 Å². The van der Waals surface area contributed by atoms with Gasteiger partial charge in [-0.05, 0) is 50.3 Å². The van der Waals surface area contributed by atoms with Gasteiger partial charge in [0.05, 0.1) is 26.5 Å². The lowest BCUT2D eigenvalue weighted by Crippen LogP contribution is -2.27. The Morgan fingerprint density at radius 3 is 2.70 bits per heavy atom. The number of anilines is 1. The first kappa shape index (κ1) is 18.0. The molecule has 1 aromatic carbocycles. The molecule has 1 heterocycles. The van der Waals surface area contributed by atoms with Crippen LogP contribution in [-0.2, 0) is 10.3 Å². The minimum Gasteiger partial charge on any atom is -0.324 e. The zero-order valence-electron chi connectivity index (χ0n) is 13.2. The van der Waals surface area contributed by atoms with Crippen molar-refractivity contribution in [3.8, 4) is 0 Å². The summed E-state index contributed by atoms with van der Waals surface area (Å²) in [6, 6.07) is 5.08. The summed E-state index contributed by atoms with van der Waals surface area (Å²) in [5, 5.41) is 15.3. The summed E-state index contributed by atoms with van der Waals surface area (Å²) in [5.74, 6) is -0.206. The number of carbonyl (C=O) groups is 1. The van der Waals surface area contributed by atoms with E-state index < -0.39 is 5.25 Å². The molecule has 0 aliphatic carbocycles. The number of nitrogens with zero attached hydrogens (tertiary/aromatic N) is 4. The van der Waals surface area contributed by atoms with Gasteiger partial charge < -0.3 is 5.32 Å². The first-order valence-corrected chi connectivity index (χ1v) is 8.54. The predicted octanol–water partition coefficient (Wildman–Crippen LogP) is 3.85. The maximum atomic E-state index is 12.4. The van der Waals surface area contributed by atoms with Gasteiger partial charge in [0.1, 0.15) is 0 Å². The van der Waals surface area contributed by atoms with Gasteiger partial charge >= 0.3 is 0 Å². The maximum absolute atomic E-state index is 12.4. The van der Waals surface area contributed by atoms with E-state index in [1.807, 2.05) is 20.8 Å². The Labute approximate surface area is 148 Å². The van der Waals surface area contributed by atoms with Gasteiger partial charge in [0.25, 0.3) is 0 Å². The van der Waals surface area contributed by atoms with Gasteiger partial charge in [-0.25, -0.2) is 4.68 Å². The Morgan fingerprint density at radius 2 is 2.04 bits per heavy atom. The zero-order chi connectivity index (χ0) is 17.2. The molecule has 1 amide bonds. The van der Waals surface area contributed by atoms with Crippen LogP contribution in [0.2, 0.25) is 10.0 Å². The molecule has 0 bridgehead atoms. The quantitative estimate of drug-likeness (QED) is 0.823. The summed E-state index contributed by atoms with van der Waals surface area (Å²) >= 11 is 13.3. The number of halogens is 2. The van der Waals surface area contributed by atoms with Crippen LogP contribution in [0.5, 0.6) is 0 Å². The largest absolute Gasteiger partial charge is 0.324 e. The van der Waals surface area contributed by atoms with E-state index in [1.54, 1.807) is 29.8 Å². The lowest BCUT2D eigenvalue weighted by molar-refractivity contribution is -0.115. The molecule has 124 valence electrons. The van der Waals surface area contributed by atoms with Crippen LogP contribution in [0.25, 0.3) is 0 Å². The number of aromatic nitrogens is 4. The molecule has 0 fully saturated rings. The second kappa shape index (κ2) is 7.07. The van der Waals surface area contributed by atoms with E-state index in [1.165, 1.54) is 11.8 Å². The Bertz CT molecular complexity index is 713. The molecule has 0 saturated carbocycles. The van der Waals surface area contributed by atoms with Crippen molar-refractivity contribution < 1.29 is 4.79 Å². The van der Waals surface area contributed by atoms with Crippen LogP contribution >= 0.6 is 35.0 Å².